The van der Waals surface area contributed by atoms with Crippen molar-refractivity contribution in [3.05, 3.63) is 23.8 Å². The summed E-state index contributed by atoms with van der Waals surface area (Å²) in [5.41, 5.74) is 1.75. The predicted molar refractivity (Wildman–Crippen MR) is 109 cm³/mol. The minimum atomic E-state index is -0.499. The first-order chi connectivity index (χ1) is 14.6. The van der Waals surface area contributed by atoms with Crippen LogP contribution in [0.4, 0.5) is 5.69 Å². The maximum Gasteiger partial charge on any atom is 0.224 e. The first-order valence-electron chi connectivity index (χ1n) is 10.7. The van der Waals surface area contributed by atoms with E-state index < -0.39 is 6.10 Å². The summed E-state index contributed by atoms with van der Waals surface area (Å²) in [5.74, 6) is 1.22. The van der Waals surface area contributed by atoms with Gasteiger partial charge in [-0.3, -0.25) is 9.59 Å². The van der Waals surface area contributed by atoms with E-state index in [0.717, 1.165) is 29.8 Å². The van der Waals surface area contributed by atoms with Crippen LogP contribution in [0.3, 0.4) is 0 Å². The fourth-order valence-electron chi connectivity index (χ4n) is 4.33. The number of aliphatic hydroxyl groups excluding tert-OH is 1. The van der Waals surface area contributed by atoms with E-state index in [1.807, 2.05) is 18.2 Å². The highest BCUT2D eigenvalue weighted by atomic mass is 16.6. The lowest BCUT2D eigenvalue weighted by Gasteiger charge is -2.37. The Morgan fingerprint density at radius 2 is 2.07 bits per heavy atom. The highest BCUT2D eigenvalue weighted by Gasteiger charge is 2.46. The van der Waals surface area contributed by atoms with Gasteiger partial charge in [-0.15, -0.1) is 0 Å². The molecule has 2 fully saturated rings. The number of amides is 2. The minimum absolute atomic E-state index is 0.00274. The molecule has 3 aliphatic rings. The number of methoxy groups -OCH3 is 1. The Labute approximate surface area is 176 Å². The van der Waals surface area contributed by atoms with Crippen molar-refractivity contribution in [3.8, 4) is 5.75 Å². The third-order valence-electron chi connectivity index (χ3n) is 6.00. The van der Waals surface area contributed by atoms with E-state index in [9.17, 15) is 14.7 Å². The van der Waals surface area contributed by atoms with Gasteiger partial charge in [0.05, 0.1) is 25.7 Å². The van der Waals surface area contributed by atoms with Gasteiger partial charge in [-0.05, 0) is 43.4 Å². The van der Waals surface area contributed by atoms with E-state index in [1.165, 1.54) is 0 Å². The summed E-state index contributed by atoms with van der Waals surface area (Å²) in [5, 5.41) is 15.6. The van der Waals surface area contributed by atoms with Gasteiger partial charge in [0.15, 0.2) is 0 Å². The van der Waals surface area contributed by atoms with Crippen LogP contribution in [0.5, 0.6) is 5.75 Å². The third kappa shape index (κ3) is 4.94. The Morgan fingerprint density at radius 3 is 2.80 bits per heavy atom. The van der Waals surface area contributed by atoms with Crippen LogP contribution < -0.4 is 15.4 Å². The first-order valence-corrected chi connectivity index (χ1v) is 10.7. The molecule has 2 aliphatic heterocycles. The van der Waals surface area contributed by atoms with Crippen LogP contribution in [0.2, 0.25) is 0 Å². The summed E-state index contributed by atoms with van der Waals surface area (Å²) < 4.78 is 17.0. The predicted octanol–water partition coefficient (Wildman–Crippen LogP) is 1.57. The Balaban J connectivity index is 1.43. The lowest BCUT2D eigenvalue weighted by Crippen LogP contribution is -2.47. The number of carbonyl (C=O) groups excluding carboxylic acids is 2. The Bertz CT molecular complexity index is 781. The highest BCUT2D eigenvalue weighted by Crippen LogP contribution is 2.47. The molecule has 1 aromatic rings. The lowest BCUT2D eigenvalue weighted by atomic mass is 9.84. The van der Waals surface area contributed by atoms with Crippen LogP contribution in [0.15, 0.2) is 18.2 Å². The summed E-state index contributed by atoms with van der Waals surface area (Å²) >= 11 is 0. The zero-order valence-electron chi connectivity index (χ0n) is 17.3. The molecule has 164 valence electrons. The smallest absolute Gasteiger partial charge is 0.224 e. The van der Waals surface area contributed by atoms with Crippen molar-refractivity contribution in [1.29, 1.82) is 0 Å². The highest BCUT2D eigenvalue weighted by molar-refractivity contribution is 5.91. The van der Waals surface area contributed by atoms with Gasteiger partial charge in [-0.25, -0.2) is 0 Å². The molecule has 3 N–H and O–H groups in total. The topological polar surface area (TPSA) is 106 Å². The SMILES string of the molecule is COCCNC(=O)C[C@H]1C[C@H]2c3cc(NC(=O)CC4CC4)ccc3O[C@H]2[C@H](CO)O1. The monoisotopic (exact) mass is 418 g/mol. The van der Waals surface area contributed by atoms with Gasteiger partial charge in [0.25, 0.3) is 0 Å². The Hall–Kier alpha value is -2.16. The standard InChI is InChI=1S/C22H30N2O6/c1-28-7-6-23-20(26)11-15-10-17-16-9-14(24-21(27)8-13-2-3-13)4-5-18(16)30-22(17)19(12-25)29-15/h4-5,9,13,15,17,19,22,25H,2-3,6-8,10-12H2,1H3,(H,23,26)(H,24,27)/t15-,17+,19+,22-/m1/s1. The van der Waals surface area contributed by atoms with Crippen molar-refractivity contribution < 1.29 is 28.9 Å². The quantitative estimate of drug-likeness (QED) is 0.526. The summed E-state index contributed by atoms with van der Waals surface area (Å²) in [6, 6.07) is 5.66. The molecule has 8 heteroatoms. The van der Waals surface area contributed by atoms with E-state index in [0.29, 0.717) is 31.9 Å². The largest absolute Gasteiger partial charge is 0.487 e. The first kappa shape index (κ1) is 21.1. The van der Waals surface area contributed by atoms with E-state index in [1.54, 1.807) is 7.11 Å². The van der Waals surface area contributed by atoms with E-state index in [-0.39, 0.29) is 43.0 Å². The molecule has 2 heterocycles. The maximum absolute atomic E-state index is 12.2. The number of hydrogen-bond acceptors (Lipinski definition) is 6. The molecular formula is C22H30N2O6. The average molecular weight is 418 g/mol. The zero-order chi connectivity index (χ0) is 21.1. The van der Waals surface area contributed by atoms with Crippen molar-refractivity contribution in [1.82, 2.24) is 5.32 Å². The van der Waals surface area contributed by atoms with Crippen molar-refractivity contribution in [2.24, 2.45) is 5.92 Å². The molecule has 0 bridgehead atoms. The number of anilines is 1. The number of benzene rings is 1. The van der Waals surface area contributed by atoms with E-state index in [2.05, 4.69) is 10.6 Å². The molecule has 30 heavy (non-hydrogen) atoms. The molecule has 0 unspecified atom stereocenters. The van der Waals surface area contributed by atoms with Gasteiger partial charge in [0.1, 0.15) is 18.0 Å². The van der Waals surface area contributed by atoms with Crippen LogP contribution in [-0.4, -0.2) is 62.1 Å². The molecule has 8 nitrogen and oxygen atoms in total. The van der Waals surface area contributed by atoms with Gasteiger partial charge in [-0.1, -0.05) is 0 Å². The number of fused-ring (bicyclic) bond motifs is 3. The molecule has 0 aromatic heterocycles. The molecule has 4 rings (SSSR count). The molecule has 1 saturated heterocycles. The second-order valence-corrected chi connectivity index (χ2v) is 8.40. The van der Waals surface area contributed by atoms with Crippen molar-refractivity contribution in [3.63, 3.8) is 0 Å². The van der Waals surface area contributed by atoms with Crippen molar-refractivity contribution >= 4 is 17.5 Å². The fourth-order valence-corrected chi connectivity index (χ4v) is 4.33. The lowest BCUT2D eigenvalue weighted by molar-refractivity contribution is -0.142. The molecule has 1 saturated carbocycles. The summed E-state index contributed by atoms with van der Waals surface area (Å²) in [6.07, 6.45) is 2.57. The second-order valence-electron chi connectivity index (χ2n) is 8.40. The Morgan fingerprint density at radius 1 is 1.23 bits per heavy atom. The van der Waals surface area contributed by atoms with Gasteiger partial charge >= 0.3 is 0 Å². The molecule has 4 atom stereocenters. The van der Waals surface area contributed by atoms with Crippen molar-refractivity contribution in [2.75, 3.05) is 32.2 Å². The number of aliphatic hydroxyl groups is 1. The Kier molecular flexibility index (Phi) is 6.55. The van der Waals surface area contributed by atoms with Gasteiger partial charge in [0, 0.05) is 37.2 Å². The normalized spacial score (nSPS) is 27.0. The number of rotatable bonds is 9. The van der Waals surface area contributed by atoms with Gasteiger partial charge in [-0.2, -0.15) is 0 Å². The van der Waals surface area contributed by atoms with Crippen LogP contribution in [0.25, 0.3) is 0 Å². The molecule has 0 radical (unpaired) electrons. The zero-order valence-corrected chi connectivity index (χ0v) is 17.3. The minimum Gasteiger partial charge on any atom is -0.487 e. The number of ether oxygens (including phenoxy) is 3. The molecule has 2 amide bonds. The third-order valence-corrected chi connectivity index (χ3v) is 6.00. The molecule has 1 aromatic carbocycles. The number of hydrogen-bond donors (Lipinski definition) is 3. The van der Waals surface area contributed by atoms with Crippen LogP contribution in [0, 0.1) is 5.92 Å². The molecule has 0 spiro atoms. The number of nitrogens with one attached hydrogen (secondary N) is 2. The van der Waals surface area contributed by atoms with E-state index >= 15 is 0 Å². The summed E-state index contributed by atoms with van der Waals surface area (Å²) in [6.45, 7) is 0.729. The summed E-state index contributed by atoms with van der Waals surface area (Å²) in [4.78, 5) is 24.4. The maximum atomic E-state index is 12.2. The van der Waals surface area contributed by atoms with E-state index in [4.69, 9.17) is 14.2 Å². The fraction of sp³-hybridized carbons (Fsp3) is 0.636. The molecular weight excluding hydrogens is 388 g/mol. The molecule has 1 aliphatic carbocycles. The van der Waals surface area contributed by atoms with Gasteiger partial charge < -0.3 is 30.0 Å². The average Bonchev–Trinajstić information content (AvgIpc) is 3.46. The van der Waals surface area contributed by atoms with Crippen LogP contribution in [0.1, 0.15) is 43.6 Å². The summed E-state index contributed by atoms with van der Waals surface area (Å²) in [7, 11) is 1.59. The van der Waals surface area contributed by atoms with Crippen LogP contribution in [-0.2, 0) is 19.1 Å². The van der Waals surface area contributed by atoms with Crippen molar-refractivity contribution in [2.45, 2.75) is 56.3 Å². The second kappa shape index (κ2) is 9.32. The van der Waals surface area contributed by atoms with Crippen LogP contribution >= 0.6 is 0 Å². The number of carbonyl (C=O) groups is 2. The van der Waals surface area contributed by atoms with Gasteiger partial charge in [0.2, 0.25) is 11.8 Å².